The molecule has 1 N–H and O–H groups in total. The number of nitrogens with one attached hydrogen (secondary N) is 1. The third kappa shape index (κ3) is 1.37. The van der Waals surface area contributed by atoms with E-state index in [0.717, 1.165) is 0 Å². The maximum absolute atomic E-state index is 13.1. The zero-order valence-corrected chi connectivity index (χ0v) is 8.97. The van der Waals surface area contributed by atoms with Gasteiger partial charge in [0.2, 0.25) is 5.91 Å². The summed E-state index contributed by atoms with van der Waals surface area (Å²) < 4.78 is 13.1. The SMILES string of the molecule is CN1c2cc(F)ccc2NC(=O)C1(C)C. The molecule has 0 spiro atoms. The minimum atomic E-state index is -0.652. The molecule has 0 saturated heterocycles. The molecule has 3 nitrogen and oxygen atoms in total. The molecule has 1 heterocycles. The highest BCUT2D eigenvalue weighted by Gasteiger charge is 2.37. The normalized spacial score (nSPS) is 18.4. The topological polar surface area (TPSA) is 32.3 Å². The van der Waals surface area contributed by atoms with E-state index in [-0.39, 0.29) is 11.7 Å². The van der Waals surface area contributed by atoms with Crippen molar-refractivity contribution in [2.45, 2.75) is 19.4 Å². The van der Waals surface area contributed by atoms with E-state index in [1.165, 1.54) is 12.1 Å². The van der Waals surface area contributed by atoms with Gasteiger partial charge in [0.25, 0.3) is 0 Å². The van der Waals surface area contributed by atoms with E-state index in [0.29, 0.717) is 11.4 Å². The van der Waals surface area contributed by atoms with Gasteiger partial charge in [0, 0.05) is 7.05 Å². The molecule has 0 aliphatic carbocycles. The molecular weight excluding hydrogens is 195 g/mol. The van der Waals surface area contributed by atoms with Gasteiger partial charge >= 0.3 is 0 Å². The molecular formula is C11H13FN2O. The summed E-state index contributed by atoms with van der Waals surface area (Å²) >= 11 is 0. The number of nitrogens with zero attached hydrogens (tertiary/aromatic N) is 1. The van der Waals surface area contributed by atoms with Gasteiger partial charge in [-0.3, -0.25) is 4.79 Å². The van der Waals surface area contributed by atoms with Crippen molar-refractivity contribution in [2.75, 3.05) is 17.3 Å². The van der Waals surface area contributed by atoms with E-state index < -0.39 is 5.54 Å². The monoisotopic (exact) mass is 208 g/mol. The molecule has 15 heavy (non-hydrogen) atoms. The lowest BCUT2D eigenvalue weighted by atomic mass is 9.97. The number of likely N-dealkylation sites (N-methyl/N-ethyl adjacent to an activating group) is 1. The predicted molar refractivity (Wildman–Crippen MR) is 57.5 cm³/mol. The van der Waals surface area contributed by atoms with Crippen molar-refractivity contribution >= 4 is 17.3 Å². The Kier molecular flexibility index (Phi) is 1.96. The van der Waals surface area contributed by atoms with Gasteiger partial charge < -0.3 is 10.2 Å². The van der Waals surface area contributed by atoms with Crippen LogP contribution in [0.3, 0.4) is 0 Å². The van der Waals surface area contributed by atoms with Crippen LogP contribution < -0.4 is 10.2 Å². The van der Waals surface area contributed by atoms with Gasteiger partial charge in [0.15, 0.2) is 0 Å². The predicted octanol–water partition coefficient (Wildman–Crippen LogP) is 1.99. The number of halogens is 1. The first-order chi connectivity index (χ1) is 6.93. The van der Waals surface area contributed by atoms with Gasteiger partial charge in [0.1, 0.15) is 11.4 Å². The number of fused-ring (bicyclic) bond motifs is 1. The Balaban J connectivity index is 2.57. The zero-order valence-electron chi connectivity index (χ0n) is 8.97. The van der Waals surface area contributed by atoms with Crippen LogP contribution in [0.1, 0.15) is 13.8 Å². The zero-order chi connectivity index (χ0) is 11.2. The van der Waals surface area contributed by atoms with E-state index in [4.69, 9.17) is 0 Å². The molecule has 2 rings (SSSR count). The summed E-state index contributed by atoms with van der Waals surface area (Å²) in [5, 5.41) is 2.76. The van der Waals surface area contributed by atoms with Crippen LogP contribution in [0.2, 0.25) is 0 Å². The van der Waals surface area contributed by atoms with Crippen LogP contribution in [0.25, 0.3) is 0 Å². The second-order valence-corrected chi connectivity index (χ2v) is 4.23. The van der Waals surface area contributed by atoms with Crippen LogP contribution in [0.15, 0.2) is 18.2 Å². The molecule has 4 heteroatoms. The summed E-state index contributed by atoms with van der Waals surface area (Å²) in [5.74, 6) is -0.378. The average Bonchev–Trinajstić information content (AvgIpc) is 2.17. The van der Waals surface area contributed by atoms with E-state index >= 15 is 0 Å². The van der Waals surface area contributed by atoms with Crippen LogP contribution in [0.5, 0.6) is 0 Å². The third-order valence-electron chi connectivity index (χ3n) is 2.96. The fraction of sp³-hybridized carbons (Fsp3) is 0.364. The lowest BCUT2D eigenvalue weighted by Crippen LogP contribution is -2.54. The highest BCUT2D eigenvalue weighted by Crippen LogP contribution is 2.35. The molecule has 1 amide bonds. The van der Waals surface area contributed by atoms with Gasteiger partial charge in [-0.2, -0.15) is 0 Å². The molecule has 80 valence electrons. The summed E-state index contributed by atoms with van der Waals surface area (Å²) in [6, 6.07) is 4.34. The first kappa shape index (κ1) is 9.96. The quantitative estimate of drug-likeness (QED) is 0.707. The Labute approximate surface area is 87.9 Å². The number of benzene rings is 1. The Morgan fingerprint density at radius 3 is 2.73 bits per heavy atom. The highest BCUT2D eigenvalue weighted by molar-refractivity contribution is 6.05. The average molecular weight is 208 g/mol. The standard InChI is InChI=1S/C11H13FN2O/c1-11(2)10(15)13-8-5-4-7(12)6-9(8)14(11)3/h4-6H,1-3H3,(H,13,15). The molecule has 1 aromatic carbocycles. The summed E-state index contributed by atoms with van der Waals surface area (Å²) in [5.41, 5.74) is 0.712. The molecule has 1 aromatic rings. The Morgan fingerprint density at radius 1 is 1.40 bits per heavy atom. The second-order valence-electron chi connectivity index (χ2n) is 4.23. The van der Waals surface area contributed by atoms with Gasteiger partial charge in [-0.1, -0.05) is 0 Å². The van der Waals surface area contributed by atoms with E-state index in [2.05, 4.69) is 5.32 Å². The van der Waals surface area contributed by atoms with Crippen LogP contribution in [-0.2, 0) is 4.79 Å². The molecule has 0 saturated carbocycles. The first-order valence-corrected chi connectivity index (χ1v) is 4.78. The Bertz CT molecular complexity index is 429. The molecule has 0 atom stereocenters. The van der Waals surface area contributed by atoms with Gasteiger partial charge in [-0.25, -0.2) is 4.39 Å². The van der Waals surface area contributed by atoms with Crippen LogP contribution in [0.4, 0.5) is 15.8 Å². The largest absolute Gasteiger partial charge is 0.359 e. The van der Waals surface area contributed by atoms with Crippen molar-refractivity contribution in [1.82, 2.24) is 0 Å². The molecule has 0 unspecified atom stereocenters. The third-order valence-corrected chi connectivity index (χ3v) is 2.96. The number of rotatable bonds is 0. The first-order valence-electron chi connectivity index (χ1n) is 4.78. The smallest absolute Gasteiger partial charge is 0.249 e. The Hall–Kier alpha value is -1.58. The lowest BCUT2D eigenvalue weighted by Gasteiger charge is -2.41. The highest BCUT2D eigenvalue weighted by atomic mass is 19.1. The van der Waals surface area contributed by atoms with Gasteiger partial charge in [-0.05, 0) is 32.0 Å². The van der Waals surface area contributed by atoms with Crippen molar-refractivity contribution in [3.8, 4) is 0 Å². The Morgan fingerprint density at radius 2 is 2.07 bits per heavy atom. The number of hydrogen-bond acceptors (Lipinski definition) is 2. The summed E-state index contributed by atoms with van der Waals surface area (Å²) in [7, 11) is 1.79. The van der Waals surface area contributed by atoms with Gasteiger partial charge in [-0.15, -0.1) is 0 Å². The van der Waals surface area contributed by atoms with Crippen molar-refractivity contribution in [3.05, 3.63) is 24.0 Å². The van der Waals surface area contributed by atoms with Crippen LogP contribution >= 0.6 is 0 Å². The molecule has 0 fully saturated rings. The molecule has 0 radical (unpaired) electrons. The summed E-state index contributed by atoms with van der Waals surface area (Å²) in [4.78, 5) is 13.5. The van der Waals surface area contributed by atoms with E-state index in [1.807, 2.05) is 0 Å². The fourth-order valence-electron chi connectivity index (χ4n) is 1.62. The minimum absolute atomic E-state index is 0.0795. The second kappa shape index (κ2) is 2.95. The molecule has 1 aliphatic rings. The maximum Gasteiger partial charge on any atom is 0.249 e. The van der Waals surface area contributed by atoms with Crippen LogP contribution in [-0.4, -0.2) is 18.5 Å². The molecule has 1 aliphatic heterocycles. The number of amides is 1. The van der Waals surface area contributed by atoms with Crippen molar-refractivity contribution in [3.63, 3.8) is 0 Å². The fourth-order valence-corrected chi connectivity index (χ4v) is 1.62. The van der Waals surface area contributed by atoms with E-state index in [9.17, 15) is 9.18 Å². The minimum Gasteiger partial charge on any atom is -0.359 e. The number of anilines is 2. The summed E-state index contributed by atoms with van der Waals surface area (Å²) in [6.45, 7) is 3.60. The van der Waals surface area contributed by atoms with Crippen LogP contribution in [0, 0.1) is 5.82 Å². The summed E-state index contributed by atoms with van der Waals surface area (Å²) in [6.07, 6.45) is 0. The number of hydrogen-bond donors (Lipinski definition) is 1. The van der Waals surface area contributed by atoms with Crippen molar-refractivity contribution in [1.29, 1.82) is 0 Å². The van der Waals surface area contributed by atoms with Crippen molar-refractivity contribution in [2.24, 2.45) is 0 Å². The molecule has 0 aromatic heterocycles. The van der Waals surface area contributed by atoms with Crippen molar-refractivity contribution < 1.29 is 9.18 Å². The molecule has 0 bridgehead atoms. The maximum atomic E-state index is 13.1. The van der Waals surface area contributed by atoms with E-state index in [1.54, 1.807) is 31.9 Å². The number of carbonyl (C=O) groups excluding carboxylic acids is 1. The van der Waals surface area contributed by atoms with Gasteiger partial charge in [0.05, 0.1) is 11.4 Å². The lowest BCUT2D eigenvalue weighted by molar-refractivity contribution is -0.120. The number of carbonyl (C=O) groups is 1.